The lowest BCUT2D eigenvalue weighted by molar-refractivity contribution is -0.124. The molecule has 0 bridgehead atoms. The first-order chi connectivity index (χ1) is 12.6. The molecule has 1 aromatic heterocycles. The molecular formula is C21H26N2O3. The maximum absolute atomic E-state index is 12.2. The summed E-state index contributed by atoms with van der Waals surface area (Å²) < 4.78 is 11.3. The number of hydrogen-bond donors (Lipinski definition) is 1. The van der Waals surface area contributed by atoms with E-state index in [-0.39, 0.29) is 18.6 Å². The van der Waals surface area contributed by atoms with Crippen LogP contribution in [-0.2, 0) is 4.79 Å². The van der Waals surface area contributed by atoms with Gasteiger partial charge >= 0.3 is 0 Å². The number of benzene rings is 1. The summed E-state index contributed by atoms with van der Waals surface area (Å²) in [7, 11) is 0. The third-order valence-corrected chi connectivity index (χ3v) is 5.09. The van der Waals surface area contributed by atoms with Crippen molar-refractivity contribution in [2.75, 3.05) is 6.61 Å². The summed E-state index contributed by atoms with van der Waals surface area (Å²) in [4.78, 5) is 16.4. The van der Waals surface area contributed by atoms with Gasteiger partial charge in [0.05, 0.1) is 0 Å². The van der Waals surface area contributed by atoms with Crippen molar-refractivity contribution in [3.8, 4) is 17.4 Å². The van der Waals surface area contributed by atoms with Gasteiger partial charge in [-0.1, -0.05) is 38.8 Å². The van der Waals surface area contributed by atoms with Crippen molar-refractivity contribution >= 4 is 5.91 Å². The summed E-state index contributed by atoms with van der Waals surface area (Å²) in [6, 6.07) is 12.9. The molecule has 0 unspecified atom stereocenters. The standard InChI is InChI=1S/C21H26N2O3/c1-15-7-5-10-19(16(15)2)23-20(24)14-25-17-8-6-9-18(13-17)26-21-11-3-4-12-22-21/h3-4,6,8-9,11-13,15-16,19H,5,7,10,14H2,1-2H3,(H,23,24)/t15-,16-,19+/m1/s1. The third-order valence-electron chi connectivity index (χ3n) is 5.09. The predicted molar refractivity (Wildman–Crippen MR) is 100 cm³/mol. The van der Waals surface area contributed by atoms with Crippen LogP contribution in [0.3, 0.4) is 0 Å². The molecule has 0 radical (unpaired) electrons. The Balaban J connectivity index is 1.51. The summed E-state index contributed by atoms with van der Waals surface area (Å²) in [5.74, 6) is 2.81. The van der Waals surface area contributed by atoms with E-state index in [0.29, 0.717) is 29.2 Å². The van der Waals surface area contributed by atoms with Gasteiger partial charge in [-0.3, -0.25) is 4.79 Å². The number of amides is 1. The topological polar surface area (TPSA) is 60.5 Å². The predicted octanol–water partition coefficient (Wildman–Crippen LogP) is 4.19. The van der Waals surface area contributed by atoms with Crippen molar-refractivity contribution in [3.63, 3.8) is 0 Å². The Morgan fingerprint density at radius 2 is 2.00 bits per heavy atom. The number of nitrogens with one attached hydrogen (secondary N) is 1. The van der Waals surface area contributed by atoms with Crippen LogP contribution < -0.4 is 14.8 Å². The SMILES string of the molecule is C[C@@H]1[C@H](C)CCC[C@@H]1NC(=O)COc1cccc(Oc2ccccn2)c1. The number of pyridine rings is 1. The number of nitrogens with zero attached hydrogens (tertiary/aromatic N) is 1. The van der Waals surface area contributed by atoms with Crippen LogP contribution in [0, 0.1) is 11.8 Å². The molecule has 1 aromatic carbocycles. The van der Waals surface area contributed by atoms with Crippen molar-refractivity contribution in [1.29, 1.82) is 0 Å². The third kappa shape index (κ3) is 4.97. The van der Waals surface area contributed by atoms with Crippen LogP contribution >= 0.6 is 0 Å². The Morgan fingerprint density at radius 3 is 2.81 bits per heavy atom. The normalized spacial score (nSPS) is 22.5. The maximum Gasteiger partial charge on any atom is 0.258 e. The zero-order valence-corrected chi connectivity index (χ0v) is 15.4. The maximum atomic E-state index is 12.2. The molecule has 0 spiro atoms. The van der Waals surface area contributed by atoms with Crippen LogP contribution in [0.4, 0.5) is 0 Å². The minimum Gasteiger partial charge on any atom is -0.484 e. The lowest BCUT2D eigenvalue weighted by atomic mass is 9.78. The van der Waals surface area contributed by atoms with E-state index in [1.807, 2.05) is 30.3 Å². The Morgan fingerprint density at radius 1 is 1.15 bits per heavy atom. The molecule has 1 fully saturated rings. The van der Waals surface area contributed by atoms with E-state index in [2.05, 4.69) is 24.1 Å². The van der Waals surface area contributed by atoms with Crippen LogP contribution in [0.15, 0.2) is 48.7 Å². The fourth-order valence-corrected chi connectivity index (χ4v) is 3.34. The summed E-state index contributed by atoms with van der Waals surface area (Å²) in [6.45, 7) is 4.48. The summed E-state index contributed by atoms with van der Waals surface area (Å²) in [5, 5.41) is 3.12. The van der Waals surface area contributed by atoms with E-state index < -0.39 is 0 Å². The van der Waals surface area contributed by atoms with Gasteiger partial charge in [-0.2, -0.15) is 0 Å². The first kappa shape index (κ1) is 18.2. The highest BCUT2D eigenvalue weighted by atomic mass is 16.5. The van der Waals surface area contributed by atoms with Crippen molar-refractivity contribution < 1.29 is 14.3 Å². The number of carbonyl (C=O) groups excluding carboxylic acids is 1. The average Bonchev–Trinajstić information content (AvgIpc) is 2.65. The molecule has 1 heterocycles. The highest BCUT2D eigenvalue weighted by molar-refractivity contribution is 5.77. The largest absolute Gasteiger partial charge is 0.484 e. The second-order valence-corrected chi connectivity index (χ2v) is 6.97. The molecular weight excluding hydrogens is 328 g/mol. The minimum atomic E-state index is -0.0769. The molecule has 26 heavy (non-hydrogen) atoms. The summed E-state index contributed by atoms with van der Waals surface area (Å²) in [5.41, 5.74) is 0. The first-order valence-electron chi connectivity index (χ1n) is 9.23. The van der Waals surface area contributed by atoms with Crippen LogP contribution in [-0.4, -0.2) is 23.5 Å². The van der Waals surface area contributed by atoms with Gasteiger partial charge in [-0.15, -0.1) is 0 Å². The second kappa shape index (κ2) is 8.70. The van der Waals surface area contributed by atoms with Crippen LogP contribution in [0.5, 0.6) is 17.4 Å². The van der Waals surface area contributed by atoms with Crippen LogP contribution in [0.1, 0.15) is 33.1 Å². The van der Waals surface area contributed by atoms with Gasteiger partial charge in [0.1, 0.15) is 11.5 Å². The fourth-order valence-electron chi connectivity index (χ4n) is 3.34. The van der Waals surface area contributed by atoms with Gasteiger partial charge < -0.3 is 14.8 Å². The first-order valence-corrected chi connectivity index (χ1v) is 9.23. The Labute approximate surface area is 154 Å². The minimum absolute atomic E-state index is 0.00460. The Kier molecular flexibility index (Phi) is 6.10. The number of hydrogen-bond acceptors (Lipinski definition) is 4. The average molecular weight is 354 g/mol. The summed E-state index contributed by atoms with van der Waals surface area (Å²) >= 11 is 0. The smallest absolute Gasteiger partial charge is 0.258 e. The molecule has 5 heteroatoms. The summed E-state index contributed by atoms with van der Waals surface area (Å²) in [6.07, 6.45) is 5.13. The van der Waals surface area contributed by atoms with Crippen LogP contribution in [0.2, 0.25) is 0 Å². The lowest BCUT2D eigenvalue weighted by Gasteiger charge is -2.34. The molecule has 5 nitrogen and oxygen atoms in total. The van der Waals surface area contributed by atoms with Crippen molar-refractivity contribution in [2.24, 2.45) is 11.8 Å². The van der Waals surface area contributed by atoms with Gasteiger partial charge in [0.15, 0.2) is 6.61 Å². The van der Waals surface area contributed by atoms with Gasteiger partial charge in [0.2, 0.25) is 5.88 Å². The van der Waals surface area contributed by atoms with Crippen LogP contribution in [0.25, 0.3) is 0 Å². The number of carbonyl (C=O) groups is 1. The Hall–Kier alpha value is -2.56. The van der Waals surface area contributed by atoms with Crippen molar-refractivity contribution in [3.05, 3.63) is 48.7 Å². The monoisotopic (exact) mass is 354 g/mol. The molecule has 3 atom stereocenters. The van der Waals surface area contributed by atoms with E-state index in [4.69, 9.17) is 9.47 Å². The molecule has 1 aliphatic rings. The zero-order valence-electron chi connectivity index (χ0n) is 15.4. The molecule has 1 N–H and O–H groups in total. The van der Waals surface area contributed by atoms with E-state index >= 15 is 0 Å². The van der Waals surface area contributed by atoms with Gasteiger partial charge in [-0.25, -0.2) is 4.98 Å². The molecule has 0 saturated heterocycles. The quantitative estimate of drug-likeness (QED) is 0.845. The number of aromatic nitrogens is 1. The highest BCUT2D eigenvalue weighted by Crippen LogP contribution is 2.29. The van der Waals surface area contributed by atoms with E-state index in [1.165, 1.54) is 12.8 Å². The second-order valence-electron chi connectivity index (χ2n) is 6.97. The molecule has 2 aromatic rings. The molecule has 3 rings (SSSR count). The van der Waals surface area contributed by atoms with E-state index in [1.54, 1.807) is 18.3 Å². The Bertz CT molecular complexity index is 720. The van der Waals surface area contributed by atoms with E-state index in [9.17, 15) is 4.79 Å². The van der Waals surface area contributed by atoms with E-state index in [0.717, 1.165) is 6.42 Å². The number of ether oxygens (including phenoxy) is 2. The molecule has 0 aliphatic heterocycles. The van der Waals surface area contributed by atoms with Gasteiger partial charge in [0.25, 0.3) is 5.91 Å². The van der Waals surface area contributed by atoms with Crippen molar-refractivity contribution in [2.45, 2.75) is 39.2 Å². The zero-order chi connectivity index (χ0) is 18.4. The number of rotatable bonds is 6. The molecule has 1 amide bonds. The lowest BCUT2D eigenvalue weighted by Crippen LogP contribution is -2.45. The highest BCUT2D eigenvalue weighted by Gasteiger charge is 2.28. The molecule has 1 saturated carbocycles. The molecule has 1 aliphatic carbocycles. The van der Waals surface area contributed by atoms with Gasteiger partial charge in [-0.05, 0) is 36.5 Å². The fraction of sp³-hybridized carbons (Fsp3) is 0.429. The molecule has 138 valence electrons. The van der Waals surface area contributed by atoms with Gasteiger partial charge in [0, 0.05) is 24.4 Å². The van der Waals surface area contributed by atoms with Crippen molar-refractivity contribution in [1.82, 2.24) is 10.3 Å².